The fourth-order valence-electron chi connectivity index (χ4n) is 1.62. The minimum absolute atomic E-state index is 0.181. The average Bonchev–Trinajstić information content (AvgIpc) is 3.07. The highest BCUT2D eigenvalue weighted by atomic mass is 16.4. The van der Waals surface area contributed by atoms with Gasteiger partial charge in [-0.15, -0.1) is 0 Å². The van der Waals surface area contributed by atoms with Gasteiger partial charge in [-0.05, 0) is 26.0 Å². The topological polar surface area (TPSA) is 108 Å². The van der Waals surface area contributed by atoms with Crippen LogP contribution in [0.5, 0.6) is 0 Å². The predicted octanol–water partition coefficient (Wildman–Crippen LogP) is 1.51. The van der Waals surface area contributed by atoms with Crippen molar-refractivity contribution in [2.75, 3.05) is 0 Å². The minimum atomic E-state index is -0.962. The van der Waals surface area contributed by atoms with E-state index in [-0.39, 0.29) is 5.69 Å². The molecule has 2 unspecified atom stereocenters. The molecule has 2 atom stereocenters. The average molecular weight is 277 g/mol. The van der Waals surface area contributed by atoms with Crippen molar-refractivity contribution < 1.29 is 19.1 Å². The Balaban J connectivity index is 2.05. The van der Waals surface area contributed by atoms with Crippen LogP contribution in [-0.2, 0) is 4.79 Å². The van der Waals surface area contributed by atoms with Gasteiger partial charge in [0.15, 0.2) is 11.5 Å². The van der Waals surface area contributed by atoms with Crippen molar-refractivity contribution in [3.8, 4) is 11.5 Å². The predicted molar refractivity (Wildman–Crippen MR) is 70.0 cm³/mol. The second kappa shape index (κ2) is 5.60. The number of hydrogen-bond acceptors (Lipinski definition) is 4. The Morgan fingerprint density at radius 3 is 2.80 bits per heavy atom. The number of amides is 1. The van der Waals surface area contributed by atoms with Crippen LogP contribution in [0.15, 0.2) is 28.9 Å². The number of aliphatic carboxylic acids is 1. The van der Waals surface area contributed by atoms with Crippen molar-refractivity contribution in [1.29, 1.82) is 0 Å². The molecular formula is C13H15N3O4. The molecule has 106 valence electrons. The van der Waals surface area contributed by atoms with Gasteiger partial charge in [0, 0.05) is 12.1 Å². The minimum Gasteiger partial charge on any atom is -0.481 e. The normalized spacial score (nSPS) is 13.7. The monoisotopic (exact) mass is 277 g/mol. The Labute approximate surface area is 115 Å². The summed E-state index contributed by atoms with van der Waals surface area (Å²) in [7, 11) is 0. The van der Waals surface area contributed by atoms with Gasteiger partial charge in [-0.2, -0.15) is 5.10 Å². The van der Waals surface area contributed by atoms with Crippen molar-refractivity contribution in [3.63, 3.8) is 0 Å². The molecule has 7 heteroatoms. The number of H-pyrrole nitrogens is 1. The van der Waals surface area contributed by atoms with Crippen molar-refractivity contribution in [3.05, 3.63) is 30.2 Å². The third-order valence-corrected chi connectivity index (χ3v) is 3.10. The van der Waals surface area contributed by atoms with Crippen LogP contribution in [0.1, 0.15) is 24.3 Å². The molecule has 1 amide bonds. The zero-order valence-electron chi connectivity index (χ0n) is 11.1. The lowest BCUT2D eigenvalue weighted by Crippen LogP contribution is -2.40. The number of carboxylic acids is 1. The third kappa shape index (κ3) is 2.87. The number of aromatic amines is 1. The van der Waals surface area contributed by atoms with E-state index in [0.29, 0.717) is 11.5 Å². The van der Waals surface area contributed by atoms with Crippen LogP contribution in [-0.4, -0.2) is 33.2 Å². The Hall–Kier alpha value is -2.57. The molecule has 0 saturated heterocycles. The van der Waals surface area contributed by atoms with E-state index in [1.165, 1.54) is 13.2 Å². The summed E-state index contributed by atoms with van der Waals surface area (Å²) in [4.78, 5) is 22.8. The van der Waals surface area contributed by atoms with E-state index >= 15 is 0 Å². The molecule has 0 saturated carbocycles. The van der Waals surface area contributed by atoms with E-state index in [2.05, 4.69) is 15.5 Å². The van der Waals surface area contributed by atoms with E-state index in [0.717, 1.165) is 0 Å². The first-order valence-corrected chi connectivity index (χ1v) is 6.12. The Morgan fingerprint density at radius 1 is 1.45 bits per heavy atom. The molecule has 2 heterocycles. The van der Waals surface area contributed by atoms with Crippen LogP contribution >= 0.6 is 0 Å². The summed E-state index contributed by atoms with van der Waals surface area (Å²) < 4.78 is 5.18. The van der Waals surface area contributed by atoms with Gasteiger partial charge in [-0.25, -0.2) is 0 Å². The van der Waals surface area contributed by atoms with Crippen molar-refractivity contribution in [2.24, 2.45) is 5.92 Å². The molecule has 7 nitrogen and oxygen atoms in total. The molecule has 2 rings (SSSR count). The number of furan rings is 1. The SMILES string of the molecule is CC(NC(=O)c1cc(-c2ccco2)[nH]n1)C(C)C(=O)O. The first-order chi connectivity index (χ1) is 9.49. The first-order valence-electron chi connectivity index (χ1n) is 6.12. The molecule has 0 aromatic carbocycles. The maximum absolute atomic E-state index is 11.9. The summed E-state index contributed by atoms with van der Waals surface area (Å²) in [6.45, 7) is 3.17. The largest absolute Gasteiger partial charge is 0.481 e. The lowest BCUT2D eigenvalue weighted by Gasteiger charge is -2.16. The standard InChI is InChI=1S/C13H15N3O4/c1-7(13(18)19)8(2)14-12(17)10-6-9(15-16-10)11-4-3-5-20-11/h3-8H,1-2H3,(H,14,17)(H,15,16)(H,18,19). The molecule has 2 aromatic rings. The van der Waals surface area contributed by atoms with E-state index in [4.69, 9.17) is 9.52 Å². The lowest BCUT2D eigenvalue weighted by atomic mass is 10.0. The van der Waals surface area contributed by atoms with Crippen LogP contribution in [0.4, 0.5) is 0 Å². The Morgan fingerprint density at radius 2 is 2.20 bits per heavy atom. The number of carboxylic acid groups (broad SMARTS) is 1. The Kier molecular flexibility index (Phi) is 3.88. The highest BCUT2D eigenvalue weighted by molar-refractivity contribution is 5.93. The zero-order chi connectivity index (χ0) is 14.7. The second-order valence-electron chi connectivity index (χ2n) is 4.53. The highest BCUT2D eigenvalue weighted by Gasteiger charge is 2.22. The summed E-state index contributed by atoms with van der Waals surface area (Å²) in [5.41, 5.74) is 0.764. The molecule has 0 bridgehead atoms. The number of carbonyl (C=O) groups excluding carboxylic acids is 1. The fourth-order valence-corrected chi connectivity index (χ4v) is 1.62. The Bertz CT molecular complexity index is 603. The van der Waals surface area contributed by atoms with Gasteiger partial charge in [0.2, 0.25) is 0 Å². The summed E-state index contributed by atoms with van der Waals surface area (Å²) in [6, 6.07) is 4.52. The zero-order valence-corrected chi connectivity index (χ0v) is 11.1. The molecule has 0 aliphatic carbocycles. The summed E-state index contributed by atoms with van der Waals surface area (Å²) in [5.74, 6) is -1.50. The van der Waals surface area contributed by atoms with E-state index < -0.39 is 23.8 Å². The molecule has 0 aliphatic rings. The van der Waals surface area contributed by atoms with E-state index in [1.807, 2.05) is 0 Å². The molecular weight excluding hydrogens is 262 g/mol. The van der Waals surface area contributed by atoms with Gasteiger partial charge in [0.05, 0.1) is 12.2 Å². The molecule has 2 aromatic heterocycles. The van der Waals surface area contributed by atoms with E-state index in [9.17, 15) is 9.59 Å². The van der Waals surface area contributed by atoms with Crippen LogP contribution in [0.3, 0.4) is 0 Å². The maximum atomic E-state index is 11.9. The molecule has 0 aliphatic heterocycles. The van der Waals surface area contributed by atoms with Gasteiger partial charge in [-0.1, -0.05) is 0 Å². The molecule has 3 N–H and O–H groups in total. The number of carbonyl (C=O) groups is 2. The van der Waals surface area contributed by atoms with Gasteiger partial charge in [0.25, 0.3) is 5.91 Å². The number of nitrogens with zero attached hydrogens (tertiary/aromatic N) is 1. The van der Waals surface area contributed by atoms with Crippen molar-refractivity contribution >= 4 is 11.9 Å². The summed E-state index contributed by atoms with van der Waals surface area (Å²) in [5, 5.41) is 18.1. The summed E-state index contributed by atoms with van der Waals surface area (Å²) >= 11 is 0. The van der Waals surface area contributed by atoms with Gasteiger partial charge < -0.3 is 14.8 Å². The third-order valence-electron chi connectivity index (χ3n) is 3.10. The molecule has 0 spiro atoms. The van der Waals surface area contributed by atoms with Gasteiger partial charge in [0.1, 0.15) is 5.69 Å². The fraction of sp³-hybridized carbons (Fsp3) is 0.308. The number of nitrogens with one attached hydrogen (secondary N) is 2. The van der Waals surface area contributed by atoms with Crippen LogP contribution < -0.4 is 5.32 Å². The highest BCUT2D eigenvalue weighted by Crippen LogP contribution is 2.17. The van der Waals surface area contributed by atoms with E-state index in [1.54, 1.807) is 25.1 Å². The molecule has 20 heavy (non-hydrogen) atoms. The van der Waals surface area contributed by atoms with Crippen molar-refractivity contribution in [2.45, 2.75) is 19.9 Å². The first kappa shape index (κ1) is 13.9. The van der Waals surface area contributed by atoms with Crippen LogP contribution in [0, 0.1) is 5.92 Å². The maximum Gasteiger partial charge on any atom is 0.308 e. The van der Waals surface area contributed by atoms with Gasteiger partial charge >= 0.3 is 5.97 Å². The summed E-state index contributed by atoms with van der Waals surface area (Å²) in [6.07, 6.45) is 1.52. The number of rotatable bonds is 5. The molecule has 0 radical (unpaired) electrons. The van der Waals surface area contributed by atoms with Crippen LogP contribution in [0.2, 0.25) is 0 Å². The number of aromatic nitrogens is 2. The quantitative estimate of drug-likeness (QED) is 0.767. The van der Waals surface area contributed by atoms with Crippen molar-refractivity contribution in [1.82, 2.24) is 15.5 Å². The second-order valence-corrected chi connectivity index (χ2v) is 4.53. The van der Waals surface area contributed by atoms with Gasteiger partial charge in [-0.3, -0.25) is 14.7 Å². The number of hydrogen-bond donors (Lipinski definition) is 3. The van der Waals surface area contributed by atoms with Crippen LogP contribution in [0.25, 0.3) is 11.5 Å². The lowest BCUT2D eigenvalue weighted by molar-refractivity contribution is -0.141. The smallest absolute Gasteiger partial charge is 0.308 e. The molecule has 0 fully saturated rings.